The highest BCUT2D eigenvalue weighted by atomic mass is 16.4. The number of carbonyl (C=O) groups is 2. The zero-order valence-electron chi connectivity index (χ0n) is 11.8. The summed E-state index contributed by atoms with van der Waals surface area (Å²) in [6.07, 6.45) is 3.28. The van der Waals surface area contributed by atoms with Crippen LogP contribution >= 0.6 is 0 Å². The van der Waals surface area contributed by atoms with Crippen molar-refractivity contribution in [2.75, 3.05) is 6.54 Å². The Morgan fingerprint density at radius 3 is 2.47 bits per heavy atom. The third-order valence-corrected chi connectivity index (χ3v) is 2.90. The molecule has 0 aromatic carbocycles. The Labute approximate surface area is 113 Å². The van der Waals surface area contributed by atoms with E-state index >= 15 is 0 Å². The standard InChI is InChI=1S/C13H21N3O3/c1-10(16-8-5-7-14-16)12(19)15(13(2,3)4)9-6-11(17)18/h5,7-8,10H,6,9H2,1-4H3,(H,17,18). The van der Waals surface area contributed by atoms with Crippen molar-refractivity contribution in [2.24, 2.45) is 0 Å². The Kier molecular flexibility index (Phi) is 4.69. The van der Waals surface area contributed by atoms with E-state index in [0.717, 1.165) is 0 Å². The molecule has 0 fully saturated rings. The molecular weight excluding hydrogens is 246 g/mol. The lowest BCUT2D eigenvalue weighted by atomic mass is 10.0. The van der Waals surface area contributed by atoms with Crippen LogP contribution in [-0.4, -0.2) is 43.7 Å². The first-order valence-electron chi connectivity index (χ1n) is 6.26. The van der Waals surface area contributed by atoms with Crippen molar-refractivity contribution in [2.45, 2.75) is 45.7 Å². The number of aromatic nitrogens is 2. The molecule has 0 radical (unpaired) electrons. The molecule has 6 heteroatoms. The minimum atomic E-state index is -0.909. The first-order chi connectivity index (χ1) is 8.73. The van der Waals surface area contributed by atoms with Gasteiger partial charge in [-0.05, 0) is 33.8 Å². The smallest absolute Gasteiger partial charge is 0.305 e. The van der Waals surface area contributed by atoms with Gasteiger partial charge in [-0.2, -0.15) is 5.10 Å². The van der Waals surface area contributed by atoms with Gasteiger partial charge in [0.1, 0.15) is 6.04 Å². The predicted octanol–water partition coefficient (Wildman–Crippen LogP) is 1.55. The summed E-state index contributed by atoms with van der Waals surface area (Å²) in [6.45, 7) is 7.63. The molecule has 0 saturated carbocycles. The van der Waals surface area contributed by atoms with Gasteiger partial charge in [0.2, 0.25) is 5.91 Å². The van der Waals surface area contributed by atoms with E-state index in [-0.39, 0.29) is 18.9 Å². The minimum absolute atomic E-state index is 0.0607. The third kappa shape index (κ3) is 4.08. The lowest BCUT2D eigenvalue weighted by Gasteiger charge is -2.37. The molecule has 1 amide bonds. The van der Waals surface area contributed by atoms with Crippen LogP contribution in [-0.2, 0) is 9.59 Å². The lowest BCUT2D eigenvalue weighted by molar-refractivity contribution is -0.142. The van der Waals surface area contributed by atoms with Gasteiger partial charge in [0, 0.05) is 24.5 Å². The Hall–Kier alpha value is -1.85. The summed E-state index contributed by atoms with van der Waals surface area (Å²) in [6, 6.07) is 1.31. The van der Waals surface area contributed by atoms with Crippen molar-refractivity contribution in [1.29, 1.82) is 0 Å². The molecule has 0 bridgehead atoms. The van der Waals surface area contributed by atoms with Crippen LogP contribution in [0.3, 0.4) is 0 Å². The number of carboxylic acid groups (broad SMARTS) is 1. The summed E-state index contributed by atoms with van der Waals surface area (Å²) in [7, 11) is 0. The first-order valence-corrected chi connectivity index (χ1v) is 6.26. The average Bonchev–Trinajstić information content (AvgIpc) is 2.78. The summed E-state index contributed by atoms with van der Waals surface area (Å²) in [4.78, 5) is 24.8. The fourth-order valence-corrected chi connectivity index (χ4v) is 1.83. The second-order valence-electron chi connectivity index (χ2n) is 5.47. The Morgan fingerprint density at radius 2 is 2.05 bits per heavy atom. The molecule has 19 heavy (non-hydrogen) atoms. The van der Waals surface area contributed by atoms with Gasteiger partial charge in [0.25, 0.3) is 0 Å². The van der Waals surface area contributed by atoms with Crippen LogP contribution in [0.5, 0.6) is 0 Å². The molecule has 6 nitrogen and oxygen atoms in total. The average molecular weight is 267 g/mol. The van der Waals surface area contributed by atoms with E-state index in [1.165, 1.54) is 0 Å². The van der Waals surface area contributed by atoms with Crippen LogP contribution in [0.2, 0.25) is 0 Å². The molecule has 0 saturated heterocycles. The zero-order chi connectivity index (χ0) is 14.6. The third-order valence-electron chi connectivity index (χ3n) is 2.90. The normalized spacial score (nSPS) is 13.1. The van der Waals surface area contributed by atoms with Crippen molar-refractivity contribution in [3.8, 4) is 0 Å². The summed E-state index contributed by atoms with van der Waals surface area (Å²) < 4.78 is 1.57. The van der Waals surface area contributed by atoms with E-state index < -0.39 is 17.6 Å². The monoisotopic (exact) mass is 267 g/mol. The number of carboxylic acids is 1. The van der Waals surface area contributed by atoms with Gasteiger partial charge in [-0.1, -0.05) is 0 Å². The van der Waals surface area contributed by atoms with Crippen molar-refractivity contribution in [3.63, 3.8) is 0 Å². The van der Waals surface area contributed by atoms with E-state index in [1.807, 2.05) is 20.8 Å². The molecule has 1 N–H and O–H groups in total. The van der Waals surface area contributed by atoms with Crippen molar-refractivity contribution < 1.29 is 14.7 Å². The van der Waals surface area contributed by atoms with Gasteiger partial charge in [0.15, 0.2) is 0 Å². The van der Waals surface area contributed by atoms with Gasteiger partial charge < -0.3 is 10.0 Å². The topological polar surface area (TPSA) is 75.4 Å². The number of hydrogen-bond acceptors (Lipinski definition) is 3. The van der Waals surface area contributed by atoms with Crippen LogP contribution < -0.4 is 0 Å². The number of hydrogen-bond donors (Lipinski definition) is 1. The summed E-state index contributed by atoms with van der Waals surface area (Å²) in [5.74, 6) is -1.04. The molecule has 1 aromatic heterocycles. The van der Waals surface area contributed by atoms with E-state index in [0.29, 0.717) is 0 Å². The van der Waals surface area contributed by atoms with Crippen LogP contribution in [0, 0.1) is 0 Å². The molecular formula is C13H21N3O3. The number of carbonyl (C=O) groups excluding carboxylic acids is 1. The van der Waals surface area contributed by atoms with Gasteiger partial charge in [0.05, 0.1) is 6.42 Å². The number of rotatable bonds is 5. The van der Waals surface area contributed by atoms with Crippen LogP contribution in [0.4, 0.5) is 0 Å². The molecule has 1 heterocycles. The van der Waals surface area contributed by atoms with Crippen LogP contribution in [0.15, 0.2) is 18.5 Å². The quantitative estimate of drug-likeness (QED) is 0.878. The lowest BCUT2D eigenvalue weighted by Crippen LogP contribution is -2.49. The zero-order valence-corrected chi connectivity index (χ0v) is 11.8. The van der Waals surface area contributed by atoms with E-state index in [1.54, 1.807) is 35.0 Å². The Balaban J connectivity index is 2.85. The van der Waals surface area contributed by atoms with Gasteiger partial charge >= 0.3 is 5.97 Å². The fraction of sp³-hybridized carbons (Fsp3) is 0.615. The molecule has 1 rings (SSSR count). The van der Waals surface area contributed by atoms with Crippen LogP contribution in [0.25, 0.3) is 0 Å². The van der Waals surface area contributed by atoms with Gasteiger partial charge in [-0.3, -0.25) is 14.3 Å². The molecule has 1 unspecified atom stereocenters. The van der Waals surface area contributed by atoms with E-state index in [4.69, 9.17) is 5.11 Å². The number of nitrogens with zero attached hydrogens (tertiary/aromatic N) is 3. The SMILES string of the molecule is CC(C(=O)N(CCC(=O)O)C(C)(C)C)n1cccn1. The Bertz CT molecular complexity index is 434. The summed E-state index contributed by atoms with van der Waals surface area (Å²) >= 11 is 0. The van der Waals surface area contributed by atoms with Crippen molar-refractivity contribution in [3.05, 3.63) is 18.5 Å². The molecule has 0 aliphatic heterocycles. The highest BCUT2D eigenvalue weighted by Crippen LogP contribution is 2.19. The predicted molar refractivity (Wildman–Crippen MR) is 70.7 cm³/mol. The van der Waals surface area contributed by atoms with Gasteiger partial charge in [-0.25, -0.2) is 0 Å². The second-order valence-corrected chi connectivity index (χ2v) is 5.47. The highest BCUT2D eigenvalue weighted by molar-refractivity contribution is 5.81. The number of aliphatic carboxylic acids is 1. The molecule has 0 aliphatic carbocycles. The summed E-state index contributed by atoms with van der Waals surface area (Å²) in [5.41, 5.74) is -0.423. The Morgan fingerprint density at radius 1 is 1.42 bits per heavy atom. The van der Waals surface area contributed by atoms with Gasteiger partial charge in [-0.15, -0.1) is 0 Å². The highest BCUT2D eigenvalue weighted by Gasteiger charge is 2.30. The largest absolute Gasteiger partial charge is 0.481 e. The molecule has 1 aromatic rings. The molecule has 0 spiro atoms. The van der Waals surface area contributed by atoms with Crippen molar-refractivity contribution >= 4 is 11.9 Å². The van der Waals surface area contributed by atoms with E-state index in [2.05, 4.69) is 5.10 Å². The minimum Gasteiger partial charge on any atom is -0.481 e. The molecule has 0 aliphatic rings. The fourth-order valence-electron chi connectivity index (χ4n) is 1.83. The molecule has 106 valence electrons. The van der Waals surface area contributed by atoms with Crippen molar-refractivity contribution in [1.82, 2.24) is 14.7 Å². The second kappa shape index (κ2) is 5.86. The van der Waals surface area contributed by atoms with Crippen LogP contribution in [0.1, 0.15) is 40.2 Å². The summed E-state index contributed by atoms with van der Waals surface area (Å²) in [5, 5.41) is 12.8. The first kappa shape index (κ1) is 15.2. The van der Waals surface area contributed by atoms with E-state index in [9.17, 15) is 9.59 Å². The molecule has 1 atom stereocenters. The maximum absolute atomic E-state index is 12.5. The number of amides is 1. The maximum Gasteiger partial charge on any atom is 0.305 e. The maximum atomic E-state index is 12.5.